The Morgan fingerprint density at radius 3 is 2.32 bits per heavy atom. The molecule has 0 saturated carbocycles. The Bertz CT molecular complexity index is 753. The lowest BCUT2D eigenvalue weighted by molar-refractivity contribution is -0.116. The molecule has 0 unspecified atom stereocenters. The van der Waals surface area contributed by atoms with Gasteiger partial charge in [0.05, 0.1) is 6.21 Å². The van der Waals surface area contributed by atoms with Gasteiger partial charge in [0.1, 0.15) is 0 Å². The molecule has 0 aromatic heterocycles. The van der Waals surface area contributed by atoms with Gasteiger partial charge in [-0.25, -0.2) is 5.43 Å². The number of carbonyl (C=O) groups excluding carboxylic acids is 2. The fourth-order valence-corrected chi connectivity index (χ4v) is 2.33. The number of halogens is 1. The number of hydrogen-bond donors (Lipinski definition) is 2. The van der Waals surface area contributed by atoms with Crippen LogP contribution >= 0.6 is 15.9 Å². The first-order chi connectivity index (χ1) is 11.9. The SMILES string of the molecule is CC(C)CC(=O)Nc1ccc(C(=O)NN=Cc2ccc(Br)cc2)cc1. The van der Waals surface area contributed by atoms with Gasteiger partial charge in [-0.05, 0) is 47.9 Å². The first-order valence-electron chi connectivity index (χ1n) is 7.93. The normalized spacial score (nSPS) is 10.9. The number of anilines is 1. The largest absolute Gasteiger partial charge is 0.326 e. The molecule has 0 heterocycles. The summed E-state index contributed by atoms with van der Waals surface area (Å²) in [5.41, 5.74) is 4.50. The van der Waals surface area contributed by atoms with Crippen molar-refractivity contribution in [3.05, 3.63) is 64.1 Å². The predicted octanol–water partition coefficient (Wildman–Crippen LogP) is 4.20. The van der Waals surface area contributed by atoms with Crippen molar-refractivity contribution >= 4 is 39.6 Å². The third-order valence-corrected chi connectivity index (χ3v) is 3.80. The smallest absolute Gasteiger partial charge is 0.271 e. The molecule has 2 rings (SSSR count). The number of amides is 2. The van der Waals surface area contributed by atoms with Gasteiger partial charge in [0, 0.05) is 22.1 Å². The van der Waals surface area contributed by atoms with Crippen molar-refractivity contribution in [2.45, 2.75) is 20.3 Å². The first-order valence-corrected chi connectivity index (χ1v) is 8.72. The van der Waals surface area contributed by atoms with Crippen molar-refractivity contribution in [1.82, 2.24) is 5.43 Å². The molecule has 0 fully saturated rings. The Balaban J connectivity index is 1.89. The quantitative estimate of drug-likeness (QED) is 0.562. The van der Waals surface area contributed by atoms with Crippen LogP contribution in [0.25, 0.3) is 0 Å². The van der Waals surface area contributed by atoms with Crippen LogP contribution in [0.3, 0.4) is 0 Å². The molecule has 2 aromatic rings. The molecule has 0 saturated heterocycles. The first kappa shape index (κ1) is 18.9. The lowest BCUT2D eigenvalue weighted by Gasteiger charge is -2.07. The van der Waals surface area contributed by atoms with E-state index in [0.29, 0.717) is 23.6 Å². The molecular formula is C19H20BrN3O2. The molecule has 0 atom stereocenters. The number of nitrogens with zero attached hydrogens (tertiary/aromatic N) is 1. The zero-order valence-corrected chi connectivity index (χ0v) is 15.7. The molecule has 2 N–H and O–H groups in total. The summed E-state index contributed by atoms with van der Waals surface area (Å²) in [6.45, 7) is 3.98. The van der Waals surface area contributed by atoms with E-state index >= 15 is 0 Å². The lowest BCUT2D eigenvalue weighted by Crippen LogP contribution is -2.18. The Morgan fingerprint density at radius 1 is 1.08 bits per heavy atom. The minimum atomic E-state index is -0.312. The number of benzene rings is 2. The van der Waals surface area contributed by atoms with E-state index in [1.807, 2.05) is 38.1 Å². The van der Waals surface area contributed by atoms with Crippen LogP contribution in [-0.2, 0) is 4.79 Å². The van der Waals surface area contributed by atoms with Gasteiger partial charge in [-0.1, -0.05) is 41.9 Å². The molecule has 2 amide bonds. The van der Waals surface area contributed by atoms with Crippen molar-refractivity contribution < 1.29 is 9.59 Å². The second kappa shape index (κ2) is 9.13. The van der Waals surface area contributed by atoms with Crippen molar-refractivity contribution in [3.8, 4) is 0 Å². The average molecular weight is 402 g/mol. The molecule has 0 aliphatic heterocycles. The van der Waals surface area contributed by atoms with Crippen LogP contribution in [0.2, 0.25) is 0 Å². The molecule has 2 aromatic carbocycles. The molecule has 25 heavy (non-hydrogen) atoms. The molecule has 0 aliphatic carbocycles. The minimum absolute atomic E-state index is 0.0358. The zero-order valence-electron chi connectivity index (χ0n) is 14.1. The summed E-state index contributed by atoms with van der Waals surface area (Å²) in [6.07, 6.45) is 2.04. The van der Waals surface area contributed by atoms with Crippen LogP contribution in [0, 0.1) is 5.92 Å². The van der Waals surface area contributed by atoms with E-state index in [0.717, 1.165) is 10.0 Å². The number of nitrogens with one attached hydrogen (secondary N) is 2. The van der Waals surface area contributed by atoms with Crippen molar-refractivity contribution in [2.75, 3.05) is 5.32 Å². The summed E-state index contributed by atoms with van der Waals surface area (Å²) in [7, 11) is 0. The molecule has 0 aliphatic rings. The monoisotopic (exact) mass is 401 g/mol. The van der Waals surface area contributed by atoms with E-state index in [1.165, 1.54) is 0 Å². The van der Waals surface area contributed by atoms with Gasteiger partial charge in [0.15, 0.2) is 0 Å². The van der Waals surface area contributed by atoms with E-state index in [9.17, 15) is 9.59 Å². The zero-order chi connectivity index (χ0) is 18.2. The maximum Gasteiger partial charge on any atom is 0.271 e. The summed E-state index contributed by atoms with van der Waals surface area (Å²) >= 11 is 3.36. The summed E-state index contributed by atoms with van der Waals surface area (Å²) in [5.74, 6) is -0.0478. The second-order valence-electron chi connectivity index (χ2n) is 5.97. The van der Waals surface area contributed by atoms with Gasteiger partial charge in [0.2, 0.25) is 5.91 Å². The van der Waals surface area contributed by atoms with Crippen LogP contribution in [-0.4, -0.2) is 18.0 Å². The molecule has 0 bridgehead atoms. The highest BCUT2D eigenvalue weighted by molar-refractivity contribution is 9.10. The fraction of sp³-hybridized carbons (Fsp3) is 0.211. The fourth-order valence-electron chi connectivity index (χ4n) is 2.07. The van der Waals surface area contributed by atoms with Crippen LogP contribution < -0.4 is 10.7 Å². The molecular weight excluding hydrogens is 382 g/mol. The van der Waals surface area contributed by atoms with Gasteiger partial charge >= 0.3 is 0 Å². The van der Waals surface area contributed by atoms with Crippen molar-refractivity contribution in [3.63, 3.8) is 0 Å². The highest BCUT2D eigenvalue weighted by Crippen LogP contribution is 2.12. The number of rotatable bonds is 6. The summed E-state index contributed by atoms with van der Waals surface area (Å²) in [6, 6.07) is 14.3. The van der Waals surface area contributed by atoms with Crippen molar-refractivity contribution in [1.29, 1.82) is 0 Å². The van der Waals surface area contributed by atoms with Gasteiger partial charge in [-0.2, -0.15) is 5.10 Å². The van der Waals surface area contributed by atoms with E-state index in [4.69, 9.17) is 0 Å². The minimum Gasteiger partial charge on any atom is -0.326 e. The van der Waals surface area contributed by atoms with E-state index < -0.39 is 0 Å². The Kier molecular flexibility index (Phi) is 6.89. The topological polar surface area (TPSA) is 70.6 Å². The van der Waals surface area contributed by atoms with E-state index in [-0.39, 0.29) is 11.8 Å². The lowest BCUT2D eigenvalue weighted by atomic mass is 10.1. The van der Waals surface area contributed by atoms with Crippen LogP contribution in [0.15, 0.2) is 58.1 Å². The maximum atomic E-state index is 12.0. The number of carbonyl (C=O) groups is 2. The third kappa shape index (κ3) is 6.51. The van der Waals surface area contributed by atoms with Crippen LogP contribution in [0.1, 0.15) is 36.2 Å². The van der Waals surface area contributed by atoms with Gasteiger partial charge in [0.25, 0.3) is 5.91 Å². The molecule has 0 radical (unpaired) electrons. The molecule has 6 heteroatoms. The van der Waals surface area contributed by atoms with E-state index in [1.54, 1.807) is 30.5 Å². The summed E-state index contributed by atoms with van der Waals surface area (Å²) < 4.78 is 0.981. The molecule has 5 nitrogen and oxygen atoms in total. The average Bonchev–Trinajstić information content (AvgIpc) is 2.56. The van der Waals surface area contributed by atoms with Gasteiger partial charge < -0.3 is 5.32 Å². The standard InChI is InChI=1S/C19H20BrN3O2/c1-13(2)11-18(24)22-17-9-5-15(6-10-17)19(25)23-21-12-14-3-7-16(20)8-4-14/h3-10,12-13H,11H2,1-2H3,(H,22,24)(H,23,25). The number of hydrogen-bond acceptors (Lipinski definition) is 3. The van der Waals surface area contributed by atoms with Gasteiger partial charge in [-0.3, -0.25) is 9.59 Å². The highest BCUT2D eigenvalue weighted by atomic mass is 79.9. The van der Waals surface area contributed by atoms with Gasteiger partial charge in [-0.15, -0.1) is 0 Å². The van der Waals surface area contributed by atoms with E-state index in [2.05, 4.69) is 31.8 Å². The Morgan fingerprint density at radius 2 is 1.72 bits per heavy atom. The van der Waals surface area contributed by atoms with Crippen molar-refractivity contribution in [2.24, 2.45) is 11.0 Å². The summed E-state index contributed by atoms with van der Waals surface area (Å²) in [4.78, 5) is 23.8. The van der Waals surface area contributed by atoms with Crippen LogP contribution in [0.5, 0.6) is 0 Å². The Labute approximate surface area is 155 Å². The predicted molar refractivity (Wildman–Crippen MR) is 104 cm³/mol. The maximum absolute atomic E-state index is 12.0. The highest BCUT2D eigenvalue weighted by Gasteiger charge is 2.07. The summed E-state index contributed by atoms with van der Waals surface area (Å²) in [5, 5.41) is 6.75. The van der Waals surface area contributed by atoms with Crippen LogP contribution in [0.4, 0.5) is 5.69 Å². The molecule has 130 valence electrons. The Hall–Kier alpha value is -2.47. The number of hydrazone groups is 1. The second-order valence-corrected chi connectivity index (χ2v) is 6.89. The molecule has 0 spiro atoms. The third-order valence-electron chi connectivity index (χ3n) is 3.27.